The second kappa shape index (κ2) is 8.36. The quantitative estimate of drug-likeness (QED) is 0.800. The van der Waals surface area contributed by atoms with Crippen LogP contribution in [0, 0.1) is 0 Å². The molecule has 2 aromatic carbocycles. The Morgan fingerprint density at radius 1 is 1.16 bits per heavy atom. The van der Waals surface area contributed by atoms with Gasteiger partial charge in [0.2, 0.25) is 5.91 Å². The zero-order valence-corrected chi connectivity index (χ0v) is 15.7. The number of halogens is 1. The Labute approximate surface area is 153 Å². The van der Waals surface area contributed by atoms with E-state index >= 15 is 0 Å². The molecule has 0 bridgehead atoms. The molecule has 1 N–H and O–H groups in total. The van der Waals surface area contributed by atoms with Gasteiger partial charge < -0.3 is 5.32 Å². The molecule has 1 amide bonds. The Morgan fingerprint density at radius 3 is 2.44 bits per heavy atom. The standard InChI is InChI=1S/C18H21ClN2O3S/c1-3-14(2)20-18(22)13-21(16-9-7-8-15(19)12-16)25(23,24)17-10-5-4-6-11-17/h4-12,14H,3,13H2,1-2H3,(H,20,22). The first-order valence-electron chi connectivity index (χ1n) is 7.97. The molecule has 0 aromatic heterocycles. The molecule has 134 valence electrons. The van der Waals surface area contributed by atoms with Crippen molar-refractivity contribution in [3.05, 3.63) is 59.6 Å². The van der Waals surface area contributed by atoms with Crippen molar-refractivity contribution in [2.45, 2.75) is 31.2 Å². The fourth-order valence-electron chi connectivity index (χ4n) is 2.22. The summed E-state index contributed by atoms with van der Waals surface area (Å²) in [5.74, 6) is -0.367. The number of hydrogen-bond acceptors (Lipinski definition) is 3. The van der Waals surface area contributed by atoms with E-state index in [0.717, 1.165) is 10.7 Å². The molecule has 1 unspecified atom stereocenters. The second-order valence-corrected chi connectivity index (χ2v) is 7.98. The molecule has 7 heteroatoms. The van der Waals surface area contributed by atoms with Crippen molar-refractivity contribution in [1.82, 2.24) is 5.32 Å². The van der Waals surface area contributed by atoms with Crippen LogP contribution in [-0.4, -0.2) is 26.9 Å². The van der Waals surface area contributed by atoms with Gasteiger partial charge in [0.25, 0.3) is 10.0 Å². The molecule has 0 aliphatic heterocycles. The lowest BCUT2D eigenvalue weighted by Gasteiger charge is -2.25. The van der Waals surface area contributed by atoms with E-state index in [0.29, 0.717) is 10.7 Å². The van der Waals surface area contributed by atoms with Gasteiger partial charge in [0.15, 0.2) is 0 Å². The third-order valence-corrected chi connectivity index (χ3v) is 5.76. The number of sulfonamides is 1. The fourth-order valence-corrected chi connectivity index (χ4v) is 3.84. The summed E-state index contributed by atoms with van der Waals surface area (Å²) in [6.07, 6.45) is 0.758. The molecular weight excluding hydrogens is 360 g/mol. The molecule has 0 saturated heterocycles. The van der Waals surface area contributed by atoms with Crippen molar-refractivity contribution in [1.29, 1.82) is 0 Å². The van der Waals surface area contributed by atoms with Gasteiger partial charge in [0.05, 0.1) is 10.6 Å². The molecule has 5 nitrogen and oxygen atoms in total. The maximum Gasteiger partial charge on any atom is 0.264 e. The molecule has 0 radical (unpaired) electrons. The summed E-state index contributed by atoms with van der Waals surface area (Å²) in [4.78, 5) is 12.4. The molecular formula is C18H21ClN2O3S. The van der Waals surface area contributed by atoms with E-state index in [2.05, 4.69) is 5.32 Å². The van der Waals surface area contributed by atoms with E-state index in [1.807, 2.05) is 13.8 Å². The minimum atomic E-state index is -3.89. The molecule has 0 saturated carbocycles. The van der Waals surface area contributed by atoms with Crippen LogP contribution in [0.1, 0.15) is 20.3 Å². The fraction of sp³-hybridized carbons (Fsp3) is 0.278. The van der Waals surface area contributed by atoms with Crippen molar-refractivity contribution in [3.8, 4) is 0 Å². The Hall–Kier alpha value is -2.05. The van der Waals surface area contributed by atoms with Crippen LogP contribution in [0.15, 0.2) is 59.5 Å². The van der Waals surface area contributed by atoms with Gasteiger partial charge in [-0.15, -0.1) is 0 Å². The van der Waals surface area contributed by atoms with E-state index in [4.69, 9.17) is 11.6 Å². The van der Waals surface area contributed by atoms with Gasteiger partial charge in [-0.05, 0) is 43.7 Å². The van der Waals surface area contributed by atoms with Crippen LogP contribution in [0.5, 0.6) is 0 Å². The summed E-state index contributed by atoms with van der Waals surface area (Å²) in [7, 11) is -3.89. The first-order chi connectivity index (χ1) is 11.8. The maximum absolute atomic E-state index is 13.0. The van der Waals surface area contributed by atoms with Crippen molar-refractivity contribution < 1.29 is 13.2 Å². The molecule has 0 heterocycles. The van der Waals surface area contributed by atoms with E-state index < -0.39 is 10.0 Å². The van der Waals surface area contributed by atoms with Crippen LogP contribution in [-0.2, 0) is 14.8 Å². The molecule has 25 heavy (non-hydrogen) atoms. The zero-order chi connectivity index (χ0) is 18.4. The summed E-state index contributed by atoms with van der Waals surface area (Å²) in [6, 6.07) is 14.4. The van der Waals surface area contributed by atoms with Crippen molar-refractivity contribution in [3.63, 3.8) is 0 Å². The number of hydrogen-bond donors (Lipinski definition) is 1. The van der Waals surface area contributed by atoms with Crippen LogP contribution < -0.4 is 9.62 Å². The normalized spacial score (nSPS) is 12.4. The molecule has 1 atom stereocenters. The smallest absolute Gasteiger partial charge is 0.264 e. The largest absolute Gasteiger partial charge is 0.352 e. The first-order valence-corrected chi connectivity index (χ1v) is 9.79. The van der Waals surface area contributed by atoms with E-state index in [1.54, 1.807) is 36.4 Å². The number of rotatable bonds is 7. The summed E-state index contributed by atoms with van der Waals surface area (Å²) in [6.45, 7) is 3.50. The number of carbonyl (C=O) groups excluding carboxylic acids is 1. The van der Waals surface area contributed by atoms with Crippen LogP contribution in [0.4, 0.5) is 5.69 Å². The molecule has 2 rings (SSSR count). The molecule has 0 aliphatic rings. The third-order valence-electron chi connectivity index (χ3n) is 3.73. The van der Waals surface area contributed by atoms with Crippen LogP contribution in [0.25, 0.3) is 0 Å². The topological polar surface area (TPSA) is 66.5 Å². The molecule has 0 aliphatic carbocycles. The Bertz CT molecular complexity index is 825. The predicted molar refractivity (Wildman–Crippen MR) is 100 cm³/mol. The molecule has 0 fully saturated rings. The van der Waals surface area contributed by atoms with Crippen molar-refractivity contribution in [2.24, 2.45) is 0 Å². The maximum atomic E-state index is 13.0. The zero-order valence-electron chi connectivity index (χ0n) is 14.1. The lowest BCUT2D eigenvalue weighted by Crippen LogP contribution is -2.43. The van der Waals surface area contributed by atoms with Gasteiger partial charge in [-0.25, -0.2) is 8.42 Å². The number of nitrogens with one attached hydrogen (secondary N) is 1. The van der Waals surface area contributed by atoms with Crippen LogP contribution in [0.2, 0.25) is 5.02 Å². The molecule has 2 aromatic rings. The predicted octanol–water partition coefficient (Wildman–Crippen LogP) is 3.45. The first kappa shape index (κ1) is 19.3. The highest BCUT2D eigenvalue weighted by Crippen LogP contribution is 2.25. The Balaban J connectivity index is 2.41. The lowest BCUT2D eigenvalue weighted by molar-refractivity contribution is -0.120. The SMILES string of the molecule is CCC(C)NC(=O)CN(c1cccc(Cl)c1)S(=O)(=O)c1ccccc1. The summed E-state index contributed by atoms with van der Waals surface area (Å²) >= 11 is 6.01. The monoisotopic (exact) mass is 380 g/mol. The van der Waals surface area contributed by atoms with Gasteiger partial charge >= 0.3 is 0 Å². The van der Waals surface area contributed by atoms with Gasteiger partial charge in [0, 0.05) is 11.1 Å². The number of nitrogens with zero attached hydrogens (tertiary/aromatic N) is 1. The average Bonchev–Trinajstić information content (AvgIpc) is 2.60. The van der Waals surface area contributed by atoms with E-state index in [-0.39, 0.29) is 23.4 Å². The molecule has 0 spiro atoms. The van der Waals surface area contributed by atoms with Gasteiger partial charge in [-0.1, -0.05) is 42.8 Å². The van der Waals surface area contributed by atoms with Gasteiger partial charge in [-0.3, -0.25) is 9.10 Å². The minimum Gasteiger partial charge on any atom is -0.352 e. The van der Waals surface area contributed by atoms with Crippen LogP contribution >= 0.6 is 11.6 Å². The second-order valence-electron chi connectivity index (χ2n) is 5.68. The van der Waals surface area contributed by atoms with E-state index in [9.17, 15) is 13.2 Å². The number of anilines is 1. The van der Waals surface area contributed by atoms with Gasteiger partial charge in [0.1, 0.15) is 6.54 Å². The highest BCUT2D eigenvalue weighted by atomic mass is 35.5. The van der Waals surface area contributed by atoms with Gasteiger partial charge in [-0.2, -0.15) is 0 Å². The summed E-state index contributed by atoms with van der Waals surface area (Å²) in [5.41, 5.74) is 0.343. The lowest BCUT2D eigenvalue weighted by atomic mass is 10.2. The average molecular weight is 381 g/mol. The van der Waals surface area contributed by atoms with Crippen molar-refractivity contribution >= 4 is 33.2 Å². The summed E-state index contributed by atoms with van der Waals surface area (Å²) in [5, 5.41) is 3.19. The highest BCUT2D eigenvalue weighted by molar-refractivity contribution is 7.92. The minimum absolute atomic E-state index is 0.0341. The van der Waals surface area contributed by atoms with E-state index in [1.165, 1.54) is 18.2 Å². The summed E-state index contributed by atoms with van der Waals surface area (Å²) < 4.78 is 27.2. The number of carbonyl (C=O) groups is 1. The number of amides is 1. The Morgan fingerprint density at radius 2 is 1.84 bits per heavy atom. The third kappa shape index (κ3) is 4.96. The highest BCUT2D eigenvalue weighted by Gasteiger charge is 2.27. The van der Waals surface area contributed by atoms with Crippen molar-refractivity contribution in [2.75, 3.05) is 10.8 Å². The Kier molecular flexibility index (Phi) is 6.45. The number of benzene rings is 2. The van der Waals surface area contributed by atoms with Crippen LogP contribution in [0.3, 0.4) is 0 Å².